The van der Waals surface area contributed by atoms with Gasteiger partial charge in [-0.15, -0.1) is 24.0 Å². The third-order valence-electron chi connectivity index (χ3n) is 5.00. The third-order valence-corrected chi connectivity index (χ3v) is 5.00. The van der Waals surface area contributed by atoms with E-state index < -0.39 is 11.6 Å². The summed E-state index contributed by atoms with van der Waals surface area (Å²) < 4.78 is 26.6. The Morgan fingerprint density at radius 3 is 2.70 bits per heavy atom. The summed E-state index contributed by atoms with van der Waals surface area (Å²) in [7, 11) is 0. The van der Waals surface area contributed by atoms with Gasteiger partial charge in [0.25, 0.3) is 0 Å². The first-order valence-electron chi connectivity index (χ1n) is 9.83. The van der Waals surface area contributed by atoms with E-state index in [1.807, 2.05) is 38.1 Å². The topological polar surface area (TPSA) is 65.5 Å². The zero-order valence-electron chi connectivity index (χ0n) is 17.0. The van der Waals surface area contributed by atoms with Crippen LogP contribution in [-0.4, -0.2) is 31.5 Å². The van der Waals surface area contributed by atoms with Crippen LogP contribution >= 0.6 is 24.0 Å². The first kappa shape index (κ1) is 24.0. The number of carbonyl (C=O) groups excluding carboxylic acids is 1. The number of anilines is 1. The number of halogens is 3. The molecule has 0 bridgehead atoms. The van der Waals surface area contributed by atoms with Gasteiger partial charge in [-0.05, 0) is 36.2 Å². The maximum Gasteiger partial charge on any atom is 0.225 e. The van der Waals surface area contributed by atoms with E-state index in [9.17, 15) is 13.6 Å². The van der Waals surface area contributed by atoms with Crippen LogP contribution in [0.5, 0.6) is 0 Å². The Morgan fingerprint density at radius 2 is 1.97 bits per heavy atom. The number of rotatable bonds is 6. The van der Waals surface area contributed by atoms with Crippen molar-refractivity contribution in [3.05, 3.63) is 65.2 Å². The number of nitrogens with one attached hydrogen (secondary N) is 3. The Bertz CT molecular complexity index is 906. The van der Waals surface area contributed by atoms with Crippen LogP contribution in [-0.2, 0) is 4.79 Å². The normalized spacial score (nSPS) is 16.7. The molecule has 0 saturated carbocycles. The van der Waals surface area contributed by atoms with Crippen molar-refractivity contribution in [1.29, 1.82) is 0 Å². The molecule has 0 saturated heterocycles. The second kappa shape index (κ2) is 11.2. The average molecular weight is 528 g/mol. The Hall–Kier alpha value is -2.23. The molecule has 2 aromatic carbocycles. The maximum absolute atomic E-state index is 13.5. The fraction of sp³-hybridized carbons (Fsp3) is 0.364. The van der Waals surface area contributed by atoms with E-state index >= 15 is 0 Å². The van der Waals surface area contributed by atoms with Gasteiger partial charge in [-0.3, -0.25) is 9.79 Å². The van der Waals surface area contributed by atoms with E-state index in [2.05, 4.69) is 20.9 Å². The maximum atomic E-state index is 13.5. The highest BCUT2D eigenvalue weighted by atomic mass is 127. The zero-order valence-corrected chi connectivity index (χ0v) is 19.4. The molecule has 2 unspecified atom stereocenters. The number of benzene rings is 2. The van der Waals surface area contributed by atoms with Crippen LogP contribution in [0.25, 0.3) is 0 Å². The lowest BCUT2D eigenvalue weighted by Gasteiger charge is -2.26. The molecular weight excluding hydrogens is 501 g/mol. The van der Waals surface area contributed by atoms with Gasteiger partial charge in [-0.1, -0.05) is 31.2 Å². The van der Waals surface area contributed by atoms with Crippen molar-refractivity contribution < 1.29 is 13.6 Å². The third kappa shape index (κ3) is 6.13. The summed E-state index contributed by atoms with van der Waals surface area (Å²) in [6.07, 6.45) is 0.411. The van der Waals surface area contributed by atoms with E-state index in [0.29, 0.717) is 37.6 Å². The van der Waals surface area contributed by atoms with Crippen LogP contribution in [0.1, 0.15) is 43.2 Å². The number of fused-ring (bicyclic) bond motifs is 1. The fourth-order valence-corrected chi connectivity index (χ4v) is 3.40. The van der Waals surface area contributed by atoms with Gasteiger partial charge in [0.1, 0.15) is 0 Å². The lowest BCUT2D eigenvalue weighted by atomic mass is 9.90. The summed E-state index contributed by atoms with van der Waals surface area (Å²) in [5.41, 5.74) is 2.65. The van der Waals surface area contributed by atoms with Gasteiger partial charge in [0, 0.05) is 43.6 Å². The molecule has 0 aliphatic carbocycles. The van der Waals surface area contributed by atoms with Crippen molar-refractivity contribution >= 4 is 41.5 Å². The molecule has 1 amide bonds. The first-order chi connectivity index (χ1) is 14.0. The van der Waals surface area contributed by atoms with Crippen molar-refractivity contribution in [3.8, 4) is 0 Å². The van der Waals surface area contributed by atoms with Crippen molar-refractivity contribution in [3.63, 3.8) is 0 Å². The SMILES string of the molecule is CCNC(=NCC(C)c1ccc(F)c(F)c1)NCC1CC(=O)Nc2ccccc21.I. The molecule has 0 aromatic heterocycles. The molecule has 2 aromatic rings. The summed E-state index contributed by atoms with van der Waals surface area (Å²) in [6.45, 7) is 5.56. The fourth-order valence-electron chi connectivity index (χ4n) is 3.40. The summed E-state index contributed by atoms with van der Waals surface area (Å²) in [5, 5.41) is 9.39. The van der Waals surface area contributed by atoms with Gasteiger partial charge in [0.05, 0.1) is 0 Å². The number of para-hydroxylation sites is 1. The molecule has 5 nitrogen and oxygen atoms in total. The molecular formula is C22H27F2IN4O. The highest BCUT2D eigenvalue weighted by Crippen LogP contribution is 2.31. The Kier molecular flexibility index (Phi) is 9.01. The molecule has 8 heteroatoms. The summed E-state index contributed by atoms with van der Waals surface area (Å²) in [5.74, 6) is -1.09. The van der Waals surface area contributed by atoms with Crippen LogP contribution in [0.3, 0.4) is 0 Å². The van der Waals surface area contributed by atoms with Crippen molar-refractivity contribution in [2.45, 2.75) is 32.1 Å². The lowest BCUT2D eigenvalue weighted by molar-refractivity contribution is -0.116. The average Bonchev–Trinajstić information content (AvgIpc) is 2.71. The molecule has 0 spiro atoms. The van der Waals surface area contributed by atoms with E-state index in [-0.39, 0.29) is 41.7 Å². The van der Waals surface area contributed by atoms with Gasteiger partial charge < -0.3 is 16.0 Å². The van der Waals surface area contributed by atoms with Crippen LogP contribution in [0.15, 0.2) is 47.5 Å². The molecule has 0 fully saturated rings. The van der Waals surface area contributed by atoms with E-state index in [4.69, 9.17) is 0 Å². The van der Waals surface area contributed by atoms with Crippen LogP contribution < -0.4 is 16.0 Å². The molecule has 30 heavy (non-hydrogen) atoms. The Morgan fingerprint density at radius 1 is 1.20 bits per heavy atom. The first-order valence-corrected chi connectivity index (χ1v) is 9.83. The molecule has 3 N–H and O–H groups in total. The molecule has 0 radical (unpaired) electrons. The van der Waals surface area contributed by atoms with Gasteiger partial charge in [0.15, 0.2) is 17.6 Å². The highest BCUT2D eigenvalue weighted by molar-refractivity contribution is 14.0. The van der Waals surface area contributed by atoms with E-state index in [1.165, 1.54) is 6.07 Å². The van der Waals surface area contributed by atoms with Crippen LogP contribution in [0.4, 0.5) is 14.5 Å². The molecule has 162 valence electrons. The monoisotopic (exact) mass is 528 g/mol. The van der Waals surface area contributed by atoms with E-state index in [0.717, 1.165) is 17.3 Å². The predicted molar refractivity (Wildman–Crippen MR) is 127 cm³/mol. The number of hydrogen-bond donors (Lipinski definition) is 3. The predicted octanol–water partition coefficient (Wildman–Crippen LogP) is 4.37. The minimum Gasteiger partial charge on any atom is -0.357 e. The van der Waals surface area contributed by atoms with E-state index in [1.54, 1.807) is 6.07 Å². The summed E-state index contributed by atoms with van der Waals surface area (Å²) >= 11 is 0. The molecule has 3 rings (SSSR count). The number of guanidine groups is 1. The number of hydrogen-bond acceptors (Lipinski definition) is 2. The number of nitrogens with zero attached hydrogens (tertiary/aromatic N) is 1. The number of carbonyl (C=O) groups is 1. The molecule has 1 aliphatic rings. The standard InChI is InChI=1S/C22H26F2N4O.HI/c1-3-25-22(26-12-14(2)15-8-9-18(23)19(24)10-15)27-13-16-11-21(29)28-20-7-5-4-6-17(16)20;/h4-10,14,16H,3,11-13H2,1-2H3,(H,28,29)(H2,25,26,27);1H. The largest absolute Gasteiger partial charge is 0.357 e. The molecule has 1 heterocycles. The van der Waals surface area contributed by atoms with Gasteiger partial charge >= 0.3 is 0 Å². The highest BCUT2D eigenvalue weighted by Gasteiger charge is 2.24. The van der Waals surface area contributed by atoms with Crippen LogP contribution in [0, 0.1) is 11.6 Å². The second-order valence-electron chi connectivity index (χ2n) is 7.21. The minimum absolute atomic E-state index is 0. The molecule has 1 aliphatic heterocycles. The number of aliphatic imine (C=N–C) groups is 1. The molecule has 2 atom stereocenters. The number of amides is 1. The zero-order chi connectivity index (χ0) is 20.8. The van der Waals surface area contributed by atoms with Gasteiger partial charge in [0.2, 0.25) is 5.91 Å². The van der Waals surface area contributed by atoms with Crippen molar-refractivity contribution in [1.82, 2.24) is 10.6 Å². The summed E-state index contributed by atoms with van der Waals surface area (Å²) in [6, 6.07) is 11.7. The minimum atomic E-state index is -0.851. The van der Waals surface area contributed by atoms with Crippen molar-refractivity contribution in [2.75, 3.05) is 25.0 Å². The second-order valence-corrected chi connectivity index (χ2v) is 7.21. The van der Waals surface area contributed by atoms with Gasteiger partial charge in [-0.2, -0.15) is 0 Å². The summed E-state index contributed by atoms with van der Waals surface area (Å²) in [4.78, 5) is 16.6. The Labute approximate surface area is 192 Å². The van der Waals surface area contributed by atoms with Crippen LogP contribution in [0.2, 0.25) is 0 Å². The quantitative estimate of drug-likeness (QED) is 0.297. The van der Waals surface area contributed by atoms with Gasteiger partial charge in [-0.25, -0.2) is 8.78 Å². The van der Waals surface area contributed by atoms with Crippen molar-refractivity contribution in [2.24, 2.45) is 4.99 Å². The Balaban J connectivity index is 0.00000320. The smallest absolute Gasteiger partial charge is 0.225 e. The lowest BCUT2D eigenvalue weighted by Crippen LogP contribution is -2.41.